The predicted molar refractivity (Wildman–Crippen MR) is 72.1 cm³/mol. The van der Waals surface area contributed by atoms with Gasteiger partial charge in [0.25, 0.3) is 0 Å². The summed E-state index contributed by atoms with van der Waals surface area (Å²) in [4.78, 5) is 4.05. The topological polar surface area (TPSA) is 24.4 Å². The summed E-state index contributed by atoms with van der Waals surface area (Å²) < 4.78 is 0. The molecule has 0 aromatic heterocycles. The van der Waals surface area contributed by atoms with Crippen molar-refractivity contribution in [2.45, 2.75) is 13.8 Å². The third kappa shape index (κ3) is 1.78. The first-order valence-corrected chi connectivity index (χ1v) is 5.50. The molecule has 0 bridgehead atoms. The average molecular weight is 212 g/mol. The van der Waals surface area contributed by atoms with Gasteiger partial charge in [-0.05, 0) is 32.0 Å². The number of nitrogens with zero attached hydrogens (tertiary/aromatic N) is 1. The third-order valence-corrected chi connectivity index (χ3v) is 2.68. The highest BCUT2D eigenvalue weighted by Gasteiger charge is 2.05. The number of hydrogen-bond donors (Lipinski definition) is 1. The lowest BCUT2D eigenvalue weighted by Crippen LogP contribution is -1.97. The van der Waals surface area contributed by atoms with Crippen molar-refractivity contribution >= 4 is 28.9 Å². The van der Waals surface area contributed by atoms with E-state index in [-0.39, 0.29) is 0 Å². The van der Waals surface area contributed by atoms with Gasteiger partial charge >= 0.3 is 0 Å². The zero-order valence-electron chi connectivity index (χ0n) is 9.75. The number of nitrogens with one attached hydrogen (secondary N) is 1. The quantitative estimate of drug-likeness (QED) is 0.766. The highest BCUT2D eigenvalue weighted by Crippen LogP contribution is 2.33. The summed E-state index contributed by atoms with van der Waals surface area (Å²) in [7, 11) is 0. The molecule has 0 unspecified atom stereocenters. The van der Waals surface area contributed by atoms with Crippen LogP contribution in [0.3, 0.4) is 0 Å². The normalized spacial score (nSPS) is 10.4. The maximum absolute atomic E-state index is 4.05. The molecule has 0 aliphatic heterocycles. The molecule has 2 heteroatoms. The van der Waals surface area contributed by atoms with Gasteiger partial charge in [-0.15, -0.1) is 0 Å². The molecule has 0 amide bonds. The summed E-state index contributed by atoms with van der Waals surface area (Å²) in [6.45, 7) is 8.68. The second-order valence-corrected chi connectivity index (χ2v) is 3.87. The van der Waals surface area contributed by atoms with Crippen LogP contribution in [0.15, 0.2) is 35.3 Å². The minimum atomic E-state index is 0.884. The fourth-order valence-electron chi connectivity index (χ4n) is 1.93. The van der Waals surface area contributed by atoms with Crippen molar-refractivity contribution in [1.29, 1.82) is 0 Å². The average Bonchev–Trinajstić information content (AvgIpc) is 2.29. The molecule has 2 aromatic rings. The summed E-state index contributed by atoms with van der Waals surface area (Å²) in [6.07, 6.45) is 0. The second-order valence-electron chi connectivity index (χ2n) is 3.87. The van der Waals surface area contributed by atoms with Gasteiger partial charge < -0.3 is 5.32 Å². The summed E-state index contributed by atoms with van der Waals surface area (Å²) in [6, 6.07) is 10.5. The van der Waals surface area contributed by atoms with Gasteiger partial charge in [0.2, 0.25) is 0 Å². The molecule has 0 heterocycles. The van der Waals surface area contributed by atoms with Crippen molar-refractivity contribution in [2.24, 2.45) is 4.99 Å². The van der Waals surface area contributed by atoms with Crippen molar-refractivity contribution in [3.8, 4) is 0 Å². The molecule has 2 nitrogen and oxygen atoms in total. The van der Waals surface area contributed by atoms with Gasteiger partial charge in [0.15, 0.2) is 0 Å². The van der Waals surface area contributed by atoms with E-state index in [1.807, 2.05) is 6.07 Å². The molecule has 0 aliphatic carbocycles. The number of anilines is 1. The van der Waals surface area contributed by atoms with Crippen molar-refractivity contribution in [3.63, 3.8) is 0 Å². The zero-order chi connectivity index (χ0) is 11.5. The van der Waals surface area contributed by atoms with Crippen LogP contribution in [0.1, 0.15) is 12.5 Å². The fraction of sp³-hybridized carbons (Fsp3) is 0.214. The summed E-state index contributed by atoms with van der Waals surface area (Å²) in [5.74, 6) is 0. The zero-order valence-corrected chi connectivity index (χ0v) is 9.75. The highest BCUT2D eigenvalue weighted by molar-refractivity contribution is 5.99. The Hall–Kier alpha value is -1.83. The maximum Gasteiger partial charge on any atom is 0.0860 e. The summed E-state index contributed by atoms with van der Waals surface area (Å²) in [5, 5.41) is 5.80. The first kappa shape index (κ1) is 10.7. The van der Waals surface area contributed by atoms with E-state index >= 15 is 0 Å². The Labute approximate surface area is 96.0 Å². The van der Waals surface area contributed by atoms with Crippen LogP contribution < -0.4 is 5.32 Å². The largest absolute Gasteiger partial charge is 0.383 e. The van der Waals surface area contributed by atoms with Crippen LogP contribution in [-0.4, -0.2) is 13.3 Å². The minimum absolute atomic E-state index is 0.884. The number of benzene rings is 2. The minimum Gasteiger partial charge on any atom is -0.383 e. The Morgan fingerprint density at radius 2 is 2.06 bits per heavy atom. The van der Waals surface area contributed by atoms with E-state index in [0.717, 1.165) is 17.9 Å². The van der Waals surface area contributed by atoms with Crippen molar-refractivity contribution in [2.75, 3.05) is 11.9 Å². The van der Waals surface area contributed by atoms with E-state index in [1.165, 1.54) is 16.3 Å². The Kier molecular flexibility index (Phi) is 2.91. The molecule has 16 heavy (non-hydrogen) atoms. The number of aliphatic imine (C=N–C) groups is 1. The molecule has 0 radical (unpaired) electrons. The van der Waals surface area contributed by atoms with E-state index < -0.39 is 0 Å². The molecule has 2 rings (SSSR count). The molecule has 0 atom stereocenters. The lowest BCUT2D eigenvalue weighted by Gasteiger charge is -2.11. The molecular weight excluding hydrogens is 196 g/mol. The predicted octanol–water partition coefficient (Wildman–Crippen LogP) is 3.91. The van der Waals surface area contributed by atoms with E-state index in [0.29, 0.717) is 0 Å². The van der Waals surface area contributed by atoms with Crippen LogP contribution in [0.4, 0.5) is 11.4 Å². The van der Waals surface area contributed by atoms with Gasteiger partial charge in [-0.2, -0.15) is 0 Å². The van der Waals surface area contributed by atoms with Crippen LogP contribution in [-0.2, 0) is 0 Å². The van der Waals surface area contributed by atoms with E-state index in [4.69, 9.17) is 0 Å². The Balaban J connectivity index is 2.73. The molecule has 0 saturated carbocycles. The summed E-state index contributed by atoms with van der Waals surface area (Å²) >= 11 is 0. The number of fused-ring (bicyclic) bond motifs is 1. The molecule has 0 fully saturated rings. The van der Waals surface area contributed by atoms with Gasteiger partial charge in [-0.3, -0.25) is 4.99 Å². The van der Waals surface area contributed by atoms with Crippen molar-refractivity contribution in [3.05, 3.63) is 35.9 Å². The molecule has 82 valence electrons. The molecule has 2 aromatic carbocycles. The van der Waals surface area contributed by atoms with E-state index in [2.05, 4.69) is 55.1 Å². The van der Waals surface area contributed by atoms with Gasteiger partial charge in [0.05, 0.1) is 11.4 Å². The highest BCUT2D eigenvalue weighted by atomic mass is 14.9. The van der Waals surface area contributed by atoms with Gasteiger partial charge in [-0.25, -0.2) is 0 Å². The van der Waals surface area contributed by atoms with Crippen LogP contribution in [0.5, 0.6) is 0 Å². The van der Waals surface area contributed by atoms with Crippen LogP contribution in [0.25, 0.3) is 10.8 Å². The number of rotatable bonds is 3. The lowest BCUT2D eigenvalue weighted by molar-refractivity contribution is 1.22. The summed E-state index contributed by atoms with van der Waals surface area (Å²) in [5.41, 5.74) is 3.27. The van der Waals surface area contributed by atoms with E-state index in [1.54, 1.807) is 0 Å². The fourth-order valence-corrected chi connectivity index (χ4v) is 1.93. The second kappa shape index (κ2) is 4.35. The molecule has 0 aliphatic rings. The van der Waals surface area contributed by atoms with Gasteiger partial charge in [0.1, 0.15) is 0 Å². The lowest BCUT2D eigenvalue weighted by atomic mass is 10.0. The van der Waals surface area contributed by atoms with Crippen LogP contribution >= 0.6 is 0 Å². The Bertz CT molecular complexity index is 529. The smallest absolute Gasteiger partial charge is 0.0860 e. The van der Waals surface area contributed by atoms with Gasteiger partial charge in [-0.1, -0.05) is 29.8 Å². The SMILES string of the molecule is C=Nc1ccc2cc(C)ccc2c1NCC. The maximum atomic E-state index is 4.05. The first-order chi connectivity index (χ1) is 7.76. The number of aryl methyl sites for hydroxylation is 1. The third-order valence-electron chi connectivity index (χ3n) is 2.68. The van der Waals surface area contributed by atoms with Crippen LogP contribution in [0.2, 0.25) is 0 Å². The molecular formula is C14H16N2. The van der Waals surface area contributed by atoms with Crippen molar-refractivity contribution in [1.82, 2.24) is 0 Å². The van der Waals surface area contributed by atoms with E-state index in [9.17, 15) is 0 Å². The standard InChI is InChI=1S/C14H16N2/c1-4-16-14-12-7-5-10(2)9-11(12)6-8-13(14)15-3/h5-9,16H,3-4H2,1-2H3. The molecule has 1 N–H and O–H groups in total. The Morgan fingerprint density at radius 3 is 2.75 bits per heavy atom. The van der Waals surface area contributed by atoms with Crippen molar-refractivity contribution < 1.29 is 0 Å². The molecule has 0 spiro atoms. The monoisotopic (exact) mass is 212 g/mol. The first-order valence-electron chi connectivity index (χ1n) is 5.50. The Morgan fingerprint density at radius 1 is 1.25 bits per heavy atom. The number of hydrogen-bond acceptors (Lipinski definition) is 2. The van der Waals surface area contributed by atoms with Gasteiger partial charge in [0, 0.05) is 11.9 Å². The molecule has 0 saturated heterocycles. The van der Waals surface area contributed by atoms with Crippen LogP contribution in [0, 0.1) is 6.92 Å².